The van der Waals surface area contributed by atoms with Crippen LogP contribution < -0.4 is 5.73 Å². The minimum Gasteiger partial charge on any atom is -0.332 e. The summed E-state index contributed by atoms with van der Waals surface area (Å²) in [7, 11) is 0. The lowest BCUT2D eigenvalue weighted by Crippen LogP contribution is -2.46. The Morgan fingerprint density at radius 2 is 2.41 bits per heavy atom. The third kappa shape index (κ3) is 3.18. The molecule has 1 fully saturated rings. The van der Waals surface area contributed by atoms with E-state index in [4.69, 9.17) is 5.73 Å². The number of nitrogens with zero attached hydrogens (tertiary/aromatic N) is 2. The standard InChI is InChI=1S/C11H17N3OS.ClH/c1-8(12)11(15)14-6-3-2-4-9(14)10-13-5-7-16-10;/h5,7-9H,2-4,6,12H2,1H3;1H. The molecule has 0 spiro atoms. The van der Waals surface area contributed by atoms with Crippen molar-refractivity contribution in [1.82, 2.24) is 9.88 Å². The maximum atomic E-state index is 12.0. The highest BCUT2D eigenvalue weighted by Crippen LogP contribution is 2.32. The number of likely N-dealkylation sites (tertiary alicyclic amines) is 1. The van der Waals surface area contributed by atoms with Crippen LogP contribution in [0.2, 0.25) is 0 Å². The van der Waals surface area contributed by atoms with E-state index in [1.165, 1.54) is 0 Å². The number of halogens is 1. The van der Waals surface area contributed by atoms with Gasteiger partial charge < -0.3 is 10.6 Å². The molecule has 1 aliphatic rings. The molecule has 2 unspecified atom stereocenters. The lowest BCUT2D eigenvalue weighted by molar-refractivity contribution is -0.136. The van der Waals surface area contributed by atoms with Crippen molar-refractivity contribution in [3.63, 3.8) is 0 Å². The van der Waals surface area contributed by atoms with Gasteiger partial charge in [-0.15, -0.1) is 23.7 Å². The van der Waals surface area contributed by atoms with Gasteiger partial charge in [0.05, 0.1) is 12.1 Å². The quantitative estimate of drug-likeness (QED) is 0.898. The van der Waals surface area contributed by atoms with Crippen LogP contribution in [-0.2, 0) is 4.79 Å². The Kier molecular flexibility index (Phi) is 5.36. The van der Waals surface area contributed by atoms with Gasteiger partial charge in [0.25, 0.3) is 0 Å². The zero-order valence-electron chi connectivity index (χ0n) is 9.83. The number of rotatable bonds is 2. The van der Waals surface area contributed by atoms with Crippen LogP contribution in [0.3, 0.4) is 0 Å². The normalized spacial score (nSPS) is 21.8. The minimum atomic E-state index is -0.416. The topological polar surface area (TPSA) is 59.2 Å². The smallest absolute Gasteiger partial charge is 0.239 e. The molecular weight excluding hydrogens is 258 g/mol. The van der Waals surface area contributed by atoms with Crippen molar-refractivity contribution in [1.29, 1.82) is 0 Å². The zero-order valence-corrected chi connectivity index (χ0v) is 11.5. The van der Waals surface area contributed by atoms with Crippen molar-refractivity contribution in [2.45, 2.75) is 38.3 Å². The van der Waals surface area contributed by atoms with Crippen LogP contribution in [0.25, 0.3) is 0 Å². The number of thiazole rings is 1. The fraction of sp³-hybridized carbons (Fsp3) is 0.636. The number of carbonyl (C=O) groups excluding carboxylic acids is 1. The van der Waals surface area contributed by atoms with Crippen molar-refractivity contribution < 1.29 is 4.79 Å². The van der Waals surface area contributed by atoms with Gasteiger partial charge in [0.2, 0.25) is 5.91 Å². The van der Waals surface area contributed by atoms with Crippen LogP contribution in [0.15, 0.2) is 11.6 Å². The molecule has 6 heteroatoms. The number of hydrogen-bond acceptors (Lipinski definition) is 4. The largest absolute Gasteiger partial charge is 0.332 e. The van der Waals surface area contributed by atoms with Crippen LogP contribution in [0.1, 0.15) is 37.2 Å². The number of hydrogen-bond donors (Lipinski definition) is 1. The lowest BCUT2D eigenvalue weighted by Gasteiger charge is -2.35. The first-order valence-electron chi connectivity index (χ1n) is 5.65. The average molecular weight is 276 g/mol. The summed E-state index contributed by atoms with van der Waals surface area (Å²) in [6.07, 6.45) is 5.03. The second-order valence-corrected chi connectivity index (χ2v) is 5.13. The van der Waals surface area contributed by atoms with Crippen molar-refractivity contribution in [3.8, 4) is 0 Å². The summed E-state index contributed by atoms with van der Waals surface area (Å²) in [6.45, 7) is 2.56. The Hall–Kier alpha value is -0.650. The van der Waals surface area contributed by atoms with Gasteiger partial charge >= 0.3 is 0 Å². The van der Waals surface area contributed by atoms with Gasteiger partial charge in [0, 0.05) is 18.1 Å². The zero-order chi connectivity index (χ0) is 11.5. The summed E-state index contributed by atoms with van der Waals surface area (Å²) in [5.41, 5.74) is 5.67. The van der Waals surface area contributed by atoms with Crippen molar-refractivity contribution in [2.24, 2.45) is 5.73 Å². The van der Waals surface area contributed by atoms with Crippen molar-refractivity contribution in [2.75, 3.05) is 6.54 Å². The molecule has 2 rings (SSSR count). The molecule has 0 aromatic carbocycles. The summed E-state index contributed by atoms with van der Waals surface area (Å²) >= 11 is 1.62. The van der Waals surface area contributed by atoms with E-state index in [2.05, 4.69) is 4.98 Å². The molecule has 17 heavy (non-hydrogen) atoms. The molecule has 1 amide bonds. The summed E-state index contributed by atoms with van der Waals surface area (Å²) in [5.74, 6) is 0.0416. The van der Waals surface area contributed by atoms with E-state index < -0.39 is 6.04 Å². The Labute approximate surface area is 112 Å². The first-order valence-corrected chi connectivity index (χ1v) is 6.53. The molecule has 2 N–H and O–H groups in total. The summed E-state index contributed by atoms with van der Waals surface area (Å²) < 4.78 is 0. The SMILES string of the molecule is CC(N)C(=O)N1CCCCC1c1nccs1.Cl. The van der Waals surface area contributed by atoms with Gasteiger partial charge in [-0.05, 0) is 26.2 Å². The Morgan fingerprint density at radius 1 is 1.65 bits per heavy atom. The van der Waals surface area contributed by atoms with E-state index in [-0.39, 0.29) is 24.4 Å². The summed E-state index contributed by atoms with van der Waals surface area (Å²) in [4.78, 5) is 18.2. The molecule has 0 radical (unpaired) electrons. The van der Waals surface area contributed by atoms with Crippen LogP contribution in [0.4, 0.5) is 0 Å². The molecule has 0 aliphatic carbocycles. The fourth-order valence-corrected chi connectivity index (χ4v) is 2.90. The number of amides is 1. The monoisotopic (exact) mass is 275 g/mol. The van der Waals surface area contributed by atoms with E-state index in [0.29, 0.717) is 0 Å². The molecular formula is C11H18ClN3OS. The van der Waals surface area contributed by atoms with Crippen molar-refractivity contribution >= 4 is 29.7 Å². The third-order valence-corrected chi connectivity index (χ3v) is 3.79. The molecule has 1 saturated heterocycles. The van der Waals surface area contributed by atoms with Gasteiger partial charge in [-0.3, -0.25) is 4.79 Å². The van der Waals surface area contributed by atoms with E-state index >= 15 is 0 Å². The van der Waals surface area contributed by atoms with Crippen LogP contribution >= 0.6 is 23.7 Å². The van der Waals surface area contributed by atoms with Crippen LogP contribution in [0.5, 0.6) is 0 Å². The lowest BCUT2D eigenvalue weighted by atomic mass is 10.0. The van der Waals surface area contributed by atoms with E-state index in [0.717, 1.165) is 30.8 Å². The average Bonchev–Trinajstić information content (AvgIpc) is 2.81. The second-order valence-electron chi connectivity index (χ2n) is 4.20. The highest BCUT2D eigenvalue weighted by molar-refractivity contribution is 7.09. The first kappa shape index (κ1) is 14.4. The molecule has 0 bridgehead atoms. The predicted molar refractivity (Wildman–Crippen MR) is 71.3 cm³/mol. The van der Waals surface area contributed by atoms with Crippen molar-refractivity contribution in [3.05, 3.63) is 16.6 Å². The van der Waals surface area contributed by atoms with Crippen LogP contribution in [0, 0.1) is 0 Å². The maximum absolute atomic E-state index is 12.0. The summed E-state index contributed by atoms with van der Waals surface area (Å²) in [6, 6.07) is -0.271. The Bertz CT molecular complexity index is 356. The van der Waals surface area contributed by atoms with E-state index in [9.17, 15) is 4.79 Å². The van der Waals surface area contributed by atoms with E-state index in [1.54, 1.807) is 24.5 Å². The maximum Gasteiger partial charge on any atom is 0.239 e. The number of nitrogens with two attached hydrogens (primary N) is 1. The molecule has 1 aromatic heterocycles. The van der Waals surface area contributed by atoms with E-state index in [1.807, 2.05) is 10.3 Å². The van der Waals surface area contributed by atoms with Gasteiger partial charge in [-0.25, -0.2) is 4.98 Å². The molecule has 1 aliphatic heterocycles. The van der Waals surface area contributed by atoms with Gasteiger partial charge in [0.1, 0.15) is 5.01 Å². The van der Waals surface area contributed by atoms with Gasteiger partial charge in [0.15, 0.2) is 0 Å². The molecule has 1 aromatic rings. The number of aromatic nitrogens is 1. The molecule has 96 valence electrons. The highest BCUT2D eigenvalue weighted by Gasteiger charge is 2.30. The molecule has 2 atom stereocenters. The Balaban J connectivity index is 0.00000144. The Morgan fingerprint density at radius 3 is 3.00 bits per heavy atom. The molecule has 4 nitrogen and oxygen atoms in total. The first-order chi connectivity index (χ1) is 7.70. The second kappa shape index (κ2) is 6.33. The third-order valence-electron chi connectivity index (χ3n) is 2.91. The molecule has 0 saturated carbocycles. The predicted octanol–water partition coefficient (Wildman–Crippen LogP) is 1.97. The van der Waals surface area contributed by atoms with Gasteiger partial charge in [-0.1, -0.05) is 0 Å². The molecule has 2 heterocycles. The fourth-order valence-electron chi connectivity index (χ4n) is 2.11. The number of piperidine rings is 1. The highest BCUT2D eigenvalue weighted by atomic mass is 35.5. The summed E-state index contributed by atoms with van der Waals surface area (Å²) in [5, 5.41) is 2.99. The van der Waals surface area contributed by atoms with Crippen LogP contribution in [-0.4, -0.2) is 28.4 Å². The number of carbonyl (C=O) groups is 1. The van der Waals surface area contributed by atoms with Gasteiger partial charge in [-0.2, -0.15) is 0 Å². The minimum absolute atomic E-state index is 0.